The molecule has 0 saturated heterocycles. The van der Waals surface area contributed by atoms with E-state index in [9.17, 15) is 13.6 Å². The molecule has 2 aromatic rings. The summed E-state index contributed by atoms with van der Waals surface area (Å²) in [5, 5.41) is 1.09. The summed E-state index contributed by atoms with van der Waals surface area (Å²) in [5.74, 6) is -0.0809. The number of carbonyl (C=O) groups excluding carboxylic acids is 1. The van der Waals surface area contributed by atoms with E-state index in [1.807, 2.05) is 17.7 Å². The largest absolute Gasteiger partial charge is 2.00 e. The van der Waals surface area contributed by atoms with Gasteiger partial charge in [0.15, 0.2) is 0 Å². The van der Waals surface area contributed by atoms with E-state index in [1.165, 1.54) is 37.7 Å². The smallest absolute Gasteiger partial charge is 0.755 e. The molecule has 1 aliphatic carbocycles. The van der Waals surface area contributed by atoms with Crippen LogP contribution in [0.4, 0.5) is 0 Å². The van der Waals surface area contributed by atoms with Crippen molar-refractivity contribution in [3.05, 3.63) is 42.4 Å². The number of aryl methyl sites for hydroxylation is 1. The molecule has 1 saturated carbocycles. The molecule has 1 fully saturated rings. The van der Waals surface area contributed by atoms with Gasteiger partial charge in [-0.1, -0.05) is 43.9 Å². The van der Waals surface area contributed by atoms with Crippen LogP contribution in [0.2, 0.25) is 0 Å². The Morgan fingerprint density at radius 3 is 2.52 bits per heavy atom. The van der Waals surface area contributed by atoms with Gasteiger partial charge in [-0.2, -0.15) is 5.69 Å². The Morgan fingerprint density at radius 1 is 1.28 bits per heavy atom. The Labute approximate surface area is 195 Å². The minimum Gasteiger partial charge on any atom is -0.755 e. The molecule has 3 rings (SSSR count). The van der Waals surface area contributed by atoms with Crippen molar-refractivity contribution in [1.82, 2.24) is 9.71 Å². The first-order valence-electron chi connectivity index (χ1n) is 7.53. The molecule has 25 heavy (non-hydrogen) atoms. The average Bonchev–Trinajstić information content (AvgIpc) is 2.82. The first-order chi connectivity index (χ1) is 10.6. The minimum atomic E-state index is -2.60. The molecule has 0 aliphatic heterocycles. The van der Waals surface area contributed by atoms with Crippen LogP contribution in [0, 0.1) is 52.1 Å². The van der Waals surface area contributed by atoms with E-state index in [0.29, 0.717) is 11.5 Å². The van der Waals surface area contributed by atoms with Crippen molar-refractivity contribution >= 4 is 28.1 Å². The van der Waals surface area contributed by atoms with Crippen LogP contribution >= 0.6 is 0 Å². The molecular formula is C17H21ArN2O3SW-. The molecule has 1 unspecified atom stereocenters. The van der Waals surface area contributed by atoms with Crippen molar-refractivity contribution < 1.29 is 72.4 Å². The van der Waals surface area contributed by atoms with Gasteiger partial charge in [0.05, 0.1) is 0 Å². The first-order valence-corrected chi connectivity index (χ1v) is 8.61. The summed E-state index contributed by atoms with van der Waals surface area (Å²) in [6, 6.07) is 5.22. The molecule has 0 spiro atoms. The van der Waals surface area contributed by atoms with Crippen molar-refractivity contribution in [2.24, 2.45) is 0 Å². The number of hydrogen-bond donors (Lipinski definition) is 1. The van der Waals surface area contributed by atoms with Crippen molar-refractivity contribution in [2.45, 2.75) is 44.9 Å². The molecule has 1 aromatic heterocycles. The molecule has 1 amide bonds. The van der Waals surface area contributed by atoms with Gasteiger partial charge in [0.25, 0.3) is 5.91 Å². The fourth-order valence-electron chi connectivity index (χ4n) is 3.47. The fourth-order valence-corrected chi connectivity index (χ4v) is 3.74. The van der Waals surface area contributed by atoms with Crippen LogP contribution in [0.5, 0.6) is 0 Å². The summed E-state index contributed by atoms with van der Waals surface area (Å²) in [7, 11) is 0. The topological polar surface area (TPSA) is 83.3 Å². The molecular weight excluding hydrogens is 536 g/mol. The Bertz CT molecular complexity index is 745. The maximum Gasteiger partial charge on any atom is 2.00 e. The number of nitrogens with one attached hydrogen (secondary N) is 1. The number of amides is 1. The third-order valence-corrected chi connectivity index (χ3v) is 4.77. The molecule has 5 nitrogen and oxygen atoms in total. The molecule has 1 aliphatic rings. The van der Waals surface area contributed by atoms with Gasteiger partial charge < -0.3 is 17.0 Å². The number of benzene rings is 1. The van der Waals surface area contributed by atoms with Crippen LogP contribution in [0.25, 0.3) is 10.9 Å². The second-order valence-corrected chi connectivity index (χ2v) is 6.52. The molecule has 0 radical (unpaired) electrons. The third kappa shape index (κ3) is 5.88. The van der Waals surface area contributed by atoms with Gasteiger partial charge in [-0.25, -0.2) is 0 Å². The van der Waals surface area contributed by atoms with E-state index in [1.54, 1.807) is 12.1 Å². The number of rotatable bonds is 3. The zero-order chi connectivity index (χ0) is 15.7. The van der Waals surface area contributed by atoms with E-state index in [2.05, 4.69) is 4.98 Å². The van der Waals surface area contributed by atoms with E-state index < -0.39 is 17.2 Å². The fraction of sp³-hybridized carbons (Fsp3) is 0.412. The number of aromatic nitrogens is 1. The second-order valence-electron chi connectivity index (χ2n) is 5.84. The van der Waals surface area contributed by atoms with E-state index in [4.69, 9.17) is 0 Å². The monoisotopic (exact) mass is 557 g/mol. The zero-order valence-electron chi connectivity index (χ0n) is 14.2. The Hall–Kier alpha value is 0.288. The molecule has 1 N–H and O–H groups in total. The number of carbonyl (C=O) groups is 1. The Morgan fingerprint density at radius 2 is 1.92 bits per heavy atom. The van der Waals surface area contributed by atoms with Crippen LogP contribution in [0.3, 0.4) is 0 Å². The van der Waals surface area contributed by atoms with Crippen LogP contribution in [-0.4, -0.2) is 14.7 Å². The van der Waals surface area contributed by atoms with Gasteiger partial charge >= 0.3 is 21.1 Å². The van der Waals surface area contributed by atoms with Crippen molar-refractivity contribution in [1.29, 1.82) is 0 Å². The van der Waals surface area contributed by atoms with Gasteiger partial charge in [-0.05, 0) is 30.2 Å². The minimum absolute atomic E-state index is 0. The summed E-state index contributed by atoms with van der Waals surface area (Å²) < 4.78 is 23.0. The van der Waals surface area contributed by atoms with Gasteiger partial charge in [-0.3, -0.25) is 13.7 Å². The van der Waals surface area contributed by atoms with E-state index in [-0.39, 0.29) is 66.2 Å². The van der Waals surface area contributed by atoms with Crippen molar-refractivity contribution in [3.8, 4) is 0 Å². The van der Waals surface area contributed by atoms with E-state index in [0.717, 1.165) is 16.6 Å². The number of fused-ring (bicyclic) bond motifs is 1. The Kier molecular flexibility index (Phi) is 11.3. The van der Waals surface area contributed by atoms with Crippen LogP contribution in [-0.2, 0) is 32.3 Å². The molecule has 0 bridgehead atoms. The molecule has 8 heteroatoms. The van der Waals surface area contributed by atoms with Gasteiger partial charge in [0, 0.05) is 54.6 Å². The van der Waals surface area contributed by atoms with Gasteiger partial charge in [0.1, 0.15) is 0 Å². The molecule has 138 valence electrons. The number of nitrogens with zero attached hydrogens (tertiary/aromatic N) is 1. The van der Waals surface area contributed by atoms with Gasteiger partial charge in [0.2, 0.25) is 0 Å². The molecule has 1 aromatic carbocycles. The third-order valence-electron chi connectivity index (χ3n) is 4.42. The van der Waals surface area contributed by atoms with Crippen LogP contribution in [0.1, 0.15) is 59.6 Å². The number of hydrogen-bond acceptors (Lipinski definition) is 3. The molecule has 1 heterocycles. The predicted molar refractivity (Wildman–Crippen MR) is 90.6 cm³/mol. The average molecular weight is 557 g/mol. The summed E-state index contributed by atoms with van der Waals surface area (Å²) in [6.07, 6.45) is 6.20. The second kappa shape index (κ2) is 11.2. The summed E-state index contributed by atoms with van der Waals surface area (Å²) in [5.41, 5.74) is 3.40. The van der Waals surface area contributed by atoms with Crippen LogP contribution in [0.15, 0.2) is 18.2 Å². The first kappa shape index (κ1) is 25.3. The summed E-state index contributed by atoms with van der Waals surface area (Å²) >= 11 is -2.60. The van der Waals surface area contributed by atoms with Crippen molar-refractivity contribution in [3.63, 3.8) is 0 Å². The van der Waals surface area contributed by atoms with Crippen LogP contribution < -0.4 is 9.71 Å². The summed E-state index contributed by atoms with van der Waals surface area (Å²) in [4.78, 5) is 16.3. The SMILES string of the molecule is Cc1[n-]c2cc(C(=O)NS(=O)[O-])ccc2c1C1CCCCC1.[Ar].[CH3-].[W+2]. The Balaban J connectivity index is 0.00000192. The maximum absolute atomic E-state index is 11.8. The van der Waals surface area contributed by atoms with Gasteiger partial charge in [-0.15, -0.1) is 5.52 Å². The maximum atomic E-state index is 11.8. The van der Waals surface area contributed by atoms with Crippen molar-refractivity contribution in [2.75, 3.05) is 0 Å². The zero-order valence-corrected chi connectivity index (χ0v) is 18.6. The molecule has 1 atom stereocenters. The van der Waals surface area contributed by atoms with E-state index >= 15 is 0 Å². The summed E-state index contributed by atoms with van der Waals surface area (Å²) in [6.45, 7) is 2.01. The predicted octanol–water partition coefficient (Wildman–Crippen LogP) is 3.12. The standard InChI is InChI=1S/C16H20N2O3S.CH3.Ar.W/c1-10-15(11-5-3-2-4-6-11)13-8-7-12(9-14(13)17-10)16(19)18-22(20)21;;;/h7-9,11H,2-6H2,1H3,(H3,17,18,19,20,21);1H3;;/q;-1;;+2/p-2. The quantitative estimate of drug-likeness (QED) is 0.465. The normalized spacial score (nSPS) is 15.4.